The van der Waals surface area contributed by atoms with Gasteiger partial charge in [-0.2, -0.15) is 0 Å². The molecule has 3 heteroatoms. The van der Waals surface area contributed by atoms with E-state index in [1.165, 1.54) is 24.1 Å². The number of thiophene rings is 1. The summed E-state index contributed by atoms with van der Waals surface area (Å²) in [6, 6.07) is 1.99. The first-order valence-electron chi connectivity index (χ1n) is 5.78. The Hall–Kier alpha value is -0.540. The maximum absolute atomic E-state index is 5.83. The third-order valence-corrected chi connectivity index (χ3v) is 4.24. The van der Waals surface area contributed by atoms with Crippen molar-refractivity contribution in [2.75, 3.05) is 12.3 Å². The second-order valence-electron chi connectivity index (χ2n) is 4.71. The van der Waals surface area contributed by atoms with Gasteiger partial charge in [0.1, 0.15) is 0 Å². The van der Waals surface area contributed by atoms with Crippen molar-refractivity contribution in [3.05, 3.63) is 16.3 Å². The van der Waals surface area contributed by atoms with Crippen molar-refractivity contribution in [2.24, 2.45) is 11.8 Å². The molecule has 1 aliphatic rings. The van der Waals surface area contributed by atoms with Crippen molar-refractivity contribution in [3.63, 3.8) is 0 Å². The van der Waals surface area contributed by atoms with E-state index in [0.29, 0.717) is 0 Å². The predicted molar refractivity (Wildman–Crippen MR) is 66.9 cm³/mol. The average Bonchev–Trinajstić information content (AvgIpc) is 2.77. The van der Waals surface area contributed by atoms with Crippen LogP contribution in [0, 0.1) is 11.8 Å². The highest BCUT2D eigenvalue weighted by atomic mass is 32.1. The second kappa shape index (κ2) is 4.99. The van der Waals surface area contributed by atoms with Gasteiger partial charge in [-0.1, -0.05) is 13.3 Å². The Kier molecular flexibility index (Phi) is 3.65. The van der Waals surface area contributed by atoms with Gasteiger partial charge in [0, 0.05) is 17.1 Å². The van der Waals surface area contributed by atoms with Gasteiger partial charge in [-0.25, -0.2) is 0 Å². The Morgan fingerprint density at radius 3 is 3.00 bits per heavy atom. The number of anilines is 1. The molecule has 2 atom stereocenters. The van der Waals surface area contributed by atoms with Gasteiger partial charge in [0.05, 0.1) is 0 Å². The minimum absolute atomic E-state index is 0.890. The molecule has 0 spiro atoms. The smallest absolute Gasteiger partial charge is 0.0468 e. The van der Waals surface area contributed by atoms with Crippen molar-refractivity contribution in [2.45, 2.75) is 32.7 Å². The standard InChI is InChI=1S/C12H20N2S/c1-9-2-3-10(6-9)7-14-8-12-11(13)4-5-15-12/h4-5,9-10,14H,2-3,6-8,13H2,1H3. The van der Waals surface area contributed by atoms with Crippen LogP contribution in [0.2, 0.25) is 0 Å². The lowest BCUT2D eigenvalue weighted by atomic mass is 10.1. The number of nitrogens with one attached hydrogen (secondary N) is 1. The van der Waals surface area contributed by atoms with Crippen molar-refractivity contribution < 1.29 is 0 Å². The summed E-state index contributed by atoms with van der Waals surface area (Å²) in [6.45, 7) is 4.45. The Morgan fingerprint density at radius 2 is 2.40 bits per heavy atom. The Balaban J connectivity index is 1.69. The summed E-state index contributed by atoms with van der Waals surface area (Å²) in [4.78, 5) is 1.28. The van der Waals surface area contributed by atoms with Gasteiger partial charge in [-0.15, -0.1) is 11.3 Å². The highest BCUT2D eigenvalue weighted by Crippen LogP contribution is 2.29. The molecule has 84 valence electrons. The second-order valence-corrected chi connectivity index (χ2v) is 5.71. The van der Waals surface area contributed by atoms with Crippen molar-refractivity contribution in [1.29, 1.82) is 0 Å². The summed E-state index contributed by atoms with van der Waals surface area (Å²) in [6.07, 6.45) is 4.20. The van der Waals surface area contributed by atoms with E-state index < -0.39 is 0 Å². The first-order chi connectivity index (χ1) is 7.25. The third-order valence-electron chi connectivity index (χ3n) is 3.30. The summed E-state index contributed by atoms with van der Waals surface area (Å²) in [5.41, 5.74) is 6.76. The fourth-order valence-corrected chi connectivity index (χ4v) is 3.16. The van der Waals surface area contributed by atoms with E-state index in [2.05, 4.69) is 17.6 Å². The molecule has 1 saturated carbocycles. The van der Waals surface area contributed by atoms with Gasteiger partial charge >= 0.3 is 0 Å². The largest absolute Gasteiger partial charge is 0.398 e. The van der Waals surface area contributed by atoms with E-state index in [0.717, 1.165) is 30.6 Å². The molecule has 1 aliphatic carbocycles. The molecule has 2 unspecified atom stereocenters. The van der Waals surface area contributed by atoms with E-state index in [-0.39, 0.29) is 0 Å². The Bertz CT molecular complexity index is 308. The molecule has 0 radical (unpaired) electrons. The zero-order chi connectivity index (χ0) is 10.7. The molecule has 15 heavy (non-hydrogen) atoms. The van der Waals surface area contributed by atoms with Crippen molar-refractivity contribution in [1.82, 2.24) is 5.32 Å². The van der Waals surface area contributed by atoms with Crippen LogP contribution in [0.1, 0.15) is 31.1 Å². The molecule has 0 bridgehead atoms. The number of nitrogen functional groups attached to an aromatic ring is 1. The van der Waals surface area contributed by atoms with Gasteiger partial charge in [-0.05, 0) is 42.7 Å². The van der Waals surface area contributed by atoms with Crippen LogP contribution >= 0.6 is 11.3 Å². The minimum atomic E-state index is 0.890. The average molecular weight is 224 g/mol. The lowest BCUT2D eigenvalue weighted by Gasteiger charge is -2.10. The molecule has 1 fully saturated rings. The van der Waals surface area contributed by atoms with Crippen LogP contribution < -0.4 is 11.1 Å². The molecule has 3 N–H and O–H groups in total. The number of rotatable bonds is 4. The fourth-order valence-electron chi connectivity index (χ4n) is 2.39. The molecule has 0 saturated heterocycles. The number of hydrogen-bond acceptors (Lipinski definition) is 3. The minimum Gasteiger partial charge on any atom is -0.398 e. The zero-order valence-corrected chi connectivity index (χ0v) is 10.1. The highest BCUT2D eigenvalue weighted by molar-refractivity contribution is 7.10. The first-order valence-corrected chi connectivity index (χ1v) is 6.66. The topological polar surface area (TPSA) is 38.0 Å². The molecule has 2 rings (SSSR count). The molecule has 1 aromatic heterocycles. The van der Waals surface area contributed by atoms with Crippen molar-refractivity contribution in [3.8, 4) is 0 Å². The molecule has 1 heterocycles. The van der Waals surface area contributed by atoms with Gasteiger partial charge in [0.2, 0.25) is 0 Å². The number of nitrogens with two attached hydrogens (primary N) is 1. The molecule has 0 aliphatic heterocycles. The van der Waals surface area contributed by atoms with E-state index in [1.807, 2.05) is 6.07 Å². The maximum Gasteiger partial charge on any atom is 0.0468 e. The van der Waals surface area contributed by atoms with Crippen LogP contribution in [0.15, 0.2) is 11.4 Å². The maximum atomic E-state index is 5.83. The summed E-state index contributed by atoms with van der Waals surface area (Å²) in [5.74, 6) is 1.82. The van der Waals surface area contributed by atoms with Crippen LogP contribution in [0.4, 0.5) is 5.69 Å². The molecular weight excluding hydrogens is 204 g/mol. The van der Waals surface area contributed by atoms with E-state index in [9.17, 15) is 0 Å². The van der Waals surface area contributed by atoms with E-state index >= 15 is 0 Å². The third kappa shape index (κ3) is 2.95. The van der Waals surface area contributed by atoms with E-state index in [4.69, 9.17) is 5.73 Å². The van der Waals surface area contributed by atoms with Gasteiger partial charge in [0.15, 0.2) is 0 Å². The quantitative estimate of drug-likeness (QED) is 0.825. The van der Waals surface area contributed by atoms with Crippen LogP contribution in [0.25, 0.3) is 0 Å². The fraction of sp³-hybridized carbons (Fsp3) is 0.667. The monoisotopic (exact) mass is 224 g/mol. The van der Waals surface area contributed by atoms with E-state index in [1.54, 1.807) is 11.3 Å². The summed E-state index contributed by atoms with van der Waals surface area (Å²) in [5, 5.41) is 5.58. The zero-order valence-electron chi connectivity index (χ0n) is 9.33. The van der Waals surface area contributed by atoms with Crippen LogP contribution in [-0.2, 0) is 6.54 Å². The highest BCUT2D eigenvalue weighted by Gasteiger charge is 2.20. The van der Waals surface area contributed by atoms with Gasteiger partial charge < -0.3 is 11.1 Å². The predicted octanol–water partition coefficient (Wildman–Crippen LogP) is 2.86. The Morgan fingerprint density at radius 1 is 1.53 bits per heavy atom. The molecule has 0 aromatic carbocycles. The summed E-state index contributed by atoms with van der Waals surface area (Å²) in [7, 11) is 0. The van der Waals surface area contributed by atoms with Gasteiger partial charge in [0.25, 0.3) is 0 Å². The van der Waals surface area contributed by atoms with Crippen LogP contribution in [-0.4, -0.2) is 6.54 Å². The van der Waals surface area contributed by atoms with Gasteiger partial charge in [-0.3, -0.25) is 0 Å². The normalized spacial score (nSPS) is 25.9. The van der Waals surface area contributed by atoms with Crippen LogP contribution in [0.3, 0.4) is 0 Å². The molecular formula is C12H20N2S. The van der Waals surface area contributed by atoms with Crippen molar-refractivity contribution >= 4 is 17.0 Å². The molecule has 2 nitrogen and oxygen atoms in total. The SMILES string of the molecule is CC1CCC(CNCc2sccc2N)C1. The lowest BCUT2D eigenvalue weighted by molar-refractivity contribution is 0.472. The lowest BCUT2D eigenvalue weighted by Crippen LogP contribution is -2.20. The molecule has 1 aromatic rings. The number of hydrogen-bond donors (Lipinski definition) is 2. The summed E-state index contributed by atoms with van der Waals surface area (Å²) >= 11 is 1.75. The van der Waals surface area contributed by atoms with Crippen LogP contribution in [0.5, 0.6) is 0 Å². The summed E-state index contributed by atoms with van der Waals surface area (Å²) < 4.78 is 0. The first kappa shape index (κ1) is 11.0. The Labute approximate surface area is 95.9 Å². The molecule has 0 amide bonds.